The van der Waals surface area contributed by atoms with Gasteiger partial charge in [0.2, 0.25) is 0 Å². The van der Waals surface area contributed by atoms with Crippen LogP contribution in [0.3, 0.4) is 0 Å². The standard InChI is InChI=1S/C18H18N2O2S2/c1-13-6-7-24-17(13)9-20(2)18(21)14-4-3-5-16(8-14)22-10-15-11-23-12-19-15/h3-8,11-12H,9-10H2,1-2H3. The summed E-state index contributed by atoms with van der Waals surface area (Å²) >= 11 is 3.21. The summed E-state index contributed by atoms with van der Waals surface area (Å²) in [6.45, 7) is 3.09. The van der Waals surface area contributed by atoms with Gasteiger partial charge in [-0.25, -0.2) is 4.98 Å². The molecule has 0 spiro atoms. The molecule has 2 aromatic heterocycles. The van der Waals surface area contributed by atoms with Crippen LogP contribution in [0.15, 0.2) is 46.6 Å². The van der Waals surface area contributed by atoms with Crippen LogP contribution in [0, 0.1) is 6.92 Å². The third kappa shape index (κ3) is 4.01. The molecule has 3 rings (SSSR count). The number of carbonyl (C=O) groups excluding carboxylic acids is 1. The van der Waals surface area contributed by atoms with E-state index in [1.165, 1.54) is 21.8 Å². The minimum absolute atomic E-state index is 0.0121. The first kappa shape index (κ1) is 16.7. The van der Waals surface area contributed by atoms with Gasteiger partial charge in [0, 0.05) is 22.9 Å². The molecule has 0 aliphatic carbocycles. The number of rotatable bonds is 6. The van der Waals surface area contributed by atoms with Crippen LogP contribution in [0.2, 0.25) is 0 Å². The van der Waals surface area contributed by atoms with Crippen LogP contribution >= 0.6 is 22.7 Å². The van der Waals surface area contributed by atoms with E-state index in [-0.39, 0.29) is 5.91 Å². The molecule has 24 heavy (non-hydrogen) atoms. The summed E-state index contributed by atoms with van der Waals surface area (Å²) in [5.74, 6) is 0.663. The van der Waals surface area contributed by atoms with Crippen molar-refractivity contribution < 1.29 is 9.53 Å². The summed E-state index contributed by atoms with van der Waals surface area (Å²) in [7, 11) is 1.82. The van der Waals surface area contributed by atoms with Gasteiger partial charge in [-0.15, -0.1) is 22.7 Å². The second kappa shape index (κ2) is 7.59. The minimum atomic E-state index is -0.0121. The molecular formula is C18H18N2O2S2. The Morgan fingerprint density at radius 3 is 2.92 bits per heavy atom. The highest BCUT2D eigenvalue weighted by atomic mass is 32.1. The number of ether oxygens (including phenoxy) is 1. The lowest BCUT2D eigenvalue weighted by Gasteiger charge is -2.17. The lowest BCUT2D eigenvalue weighted by molar-refractivity contribution is 0.0786. The van der Waals surface area contributed by atoms with Gasteiger partial charge in [-0.05, 0) is 42.1 Å². The Hall–Kier alpha value is -2.18. The Kier molecular flexibility index (Phi) is 5.27. The van der Waals surface area contributed by atoms with Crippen LogP contribution < -0.4 is 4.74 Å². The number of aromatic nitrogens is 1. The predicted molar refractivity (Wildman–Crippen MR) is 97.7 cm³/mol. The van der Waals surface area contributed by atoms with Crippen LogP contribution in [0.4, 0.5) is 0 Å². The maximum atomic E-state index is 12.6. The average molecular weight is 358 g/mol. The topological polar surface area (TPSA) is 42.4 Å². The maximum absolute atomic E-state index is 12.6. The molecule has 1 amide bonds. The Bertz CT molecular complexity index is 812. The number of thiazole rings is 1. The van der Waals surface area contributed by atoms with Crippen molar-refractivity contribution in [1.29, 1.82) is 0 Å². The molecule has 0 atom stereocenters. The van der Waals surface area contributed by atoms with Crippen molar-refractivity contribution in [1.82, 2.24) is 9.88 Å². The molecule has 3 aromatic rings. The van der Waals surface area contributed by atoms with Crippen molar-refractivity contribution in [2.24, 2.45) is 0 Å². The molecule has 2 heterocycles. The summed E-state index contributed by atoms with van der Waals surface area (Å²) in [6, 6.07) is 9.37. The van der Waals surface area contributed by atoms with E-state index in [0.717, 1.165) is 5.69 Å². The van der Waals surface area contributed by atoms with Gasteiger partial charge in [-0.3, -0.25) is 4.79 Å². The third-order valence-electron chi connectivity index (χ3n) is 3.65. The van der Waals surface area contributed by atoms with Gasteiger partial charge >= 0.3 is 0 Å². The molecule has 4 nitrogen and oxygen atoms in total. The number of carbonyl (C=O) groups is 1. The van der Waals surface area contributed by atoms with Crippen LogP contribution in [-0.2, 0) is 13.2 Å². The highest BCUT2D eigenvalue weighted by molar-refractivity contribution is 7.10. The zero-order chi connectivity index (χ0) is 16.9. The van der Waals surface area contributed by atoms with E-state index in [9.17, 15) is 4.79 Å². The van der Waals surface area contributed by atoms with Crippen molar-refractivity contribution in [3.8, 4) is 5.75 Å². The van der Waals surface area contributed by atoms with Crippen LogP contribution in [0.1, 0.15) is 26.5 Å². The second-order valence-corrected chi connectivity index (χ2v) is 7.20. The quantitative estimate of drug-likeness (QED) is 0.657. The number of nitrogens with zero attached hydrogens (tertiary/aromatic N) is 2. The molecule has 0 fully saturated rings. The molecule has 0 N–H and O–H groups in total. The normalized spacial score (nSPS) is 10.6. The molecule has 0 saturated carbocycles. The van der Waals surface area contributed by atoms with Gasteiger partial charge in [0.05, 0.1) is 17.7 Å². The number of amides is 1. The number of benzene rings is 1. The molecule has 0 saturated heterocycles. The SMILES string of the molecule is Cc1ccsc1CN(C)C(=O)c1cccc(OCc2cscn2)c1. The fraction of sp³-hybridized carbons (Fsp3) is 0.222. The molecule has 0 bridgehead atoms. The Morgan fingerprint density at radius 2 is 2.21 bits per heavy atom. The van der Waals surface area contributed by atoms with Crippen LogP contribution in [0.25, 0.3) is 0 Å². The lowest BCUT2D eigenvalue weighted by atomic mass is 10.2. The summed E-state index contributed by atoms with van der Waals surface area (Å²) in [4.78, 5) is 19.8. The number of thiophene rings is 1. The van der Waals surface area contributed by atoms with E-state index in [0.29, 0.717) is 24.5 Å². The van der Waals surface area contributed by atoms with Crippen LogP contribution in [-0.4, -0.2) is 22.8 Å². The monoisotopic (exact) mass is 358 g/mol. The predicted octanol–water partition coefficient (Wildman–Crippen LogP) is 4.36. The summed E-state index contributed by atoms with van der Waals surface area (Å²) in [5.41, 5.74) is 4.52. The molecule has 1 aromatic carbocycles. The largest absolute Gasteiger partial charge is 0.487 e. The zero-order valence-corrected chi connectivity index (χ0v) is 15.2. The minimum Gasteiger partial charge on any atom is -0.487 e. The van der Waals surface area contributed by atoms with Gasteiger partial charge in [-0.2, -0.15) is 0 Å². The summed E-state index contributed by atoms with van der Waals surface area (Å²) < 4.78 is 5.72. The van der Waals surface area contributed by atoms with Crippen molar-refractivity contribution in [3.05, 3.63) is 68.3 Å². The smallest absolute Gasteiger partial charge is 0.254 e. The van der Waals surface area contributed by atoms with E-state index < -0.39 is 0 Å². The number of aryl methyl sites for hydroxylation is 1. The van der Waals surface area contributed by atoms with E-state index in [2.05, 4.69) is 23.4 Å². The molecule has 0 unspecified atom stereocenters. The first-order valence-corrected chi connectivity index (χ1v) is 9.34. The molecule has 0 radical (unpaired) electrons. The van der Waals surface area contributed by atoms with E-state index >= 15 is 0 Å². The summed E-state index contributed by atoms with van der Waals surface area (Å²) in [5, 5.41) is 4.00. The highest BCUT2D eigenvalue weighted by Crippen LogP contribution is 2.20. The summed E-state index contributed by atoms with van der Waals surface area (Å²) in [6.07, 6.45) is 0. The first-order chi connectivity index (χ1) is 11.6. The number of hydrogen-bond acceptors (Lipinski definition) is 5. The fourth-order valence-electron chi connectivity index (χ4n) is 2.26. The van der Waals surface area contributed by atoms with Gasteiger partial charge < -0.3 is 9.64 Å². The second-order valence-electron chi connectivity index (χ2n) is 5.48. The Balaban J connectivity index is 1.66. The van der Waals surface area contributed by atoms with Crippen molar-refractivity contribution in [2.75, 3.05) is 7.05 Å². The van der Waals surface area contributed by atoms with E-state index in [1.54, 1.807) is 27.8 Å². The molecule has 6 heteroatoms. The van der Waals surface area contributed by atoms with Crippen molar-refractivity contribution in [2.45, 2.75) is 20.1 Å². The lowest BCUT2D eigenvalue weighted by Crippen LogP contribution is -2.26. The van der Waals surface area contributed by atoms with Gasteiger partial charge in [0.15, 0.2) is 0 Å². The van der Waals surface area contributed by atoms with Gasteiger partial charge in [-0.1, -0.05) is 6.07 Å². The zero-order valence-electron chi connectivity index (χ0n) is 13.6. The Morgan fingerprint density at radius 1 is 1.33 bits per heavy atom. The van der Waals surface area contributed by atoms with Crippen molar-refractivity contribution in [3.63, 3.8) is 0 Å². The molecule has 124 valence electrons. The number of hydrogen-bond donors (Lipinski definition) is 0. The van der Waals surface area contributed by atoms with Crippen molar-refractivity contribution >= 4 is 28.6 Å². The maximum Gasteiger partial charge on any atom is 0.254 e. The average Bonchev–Trinajstić information content (AvgIpc) is 3.25. The fourth-order valence-corrected chi connectivity index (χ4v) is 3.76. The Labute approximate surface area is 149 Å². The molecular weight excluding hydrogens is 340 g/mol. The van der Waals surface area contributed by atoms with Gasteiger partial charge in [0.25, 0.3) is 5.91 Å². The van der Waals surface area contributed by atoms with E-state index in [1.807, 2.05) is 30.6 Å². The van der Waals surface area contributed by atoms with E-state index in [4.69, 9.17) is 4.74 Å². The highest BCUT2D eigenvalue weighted by Gasteiger charge is 2.14. The molecule has 0 aliphatic rings. The molecule has 0 aliphatic heterocycles. The van der Waals surface area contributed by atoms with Crippen LogP contribution in [0.5, 0.6) is 5.75 Å². The van der Waals surface area contributed by atoms with Gasteiger partial charge in [0.1, 0.15) is 12.4 Å². The third-order valence-corrected chi connectivity index (χ3v) is 5.29. The first-order valence-electron chi connectivity index (χ1n) is 7.52.